The van der Waals surface area contributed by atoms with Gasteiger partial charge in [0.2, 0.25) is 5.91 Å². The van der Waals surface area contributed by atoms with Gasteiger partial charge in [-0.2, -0.15) is 0 Å². The monoisotopic (exact) mass is 315 g/mol. The fourth-order valence-electron chi connectivity index (χ4n) is 3.87. The third-order valence-electron chi connectivity index (χ3n) is 5.25. The first-order chi connectivity index (χ1) is 11.2. The van der Waals surface area contributed by atoms with E-state index in [1.54, 1.807) is 0 Å². The third kappa shape index (κ3) is 4.79. The first kappa shape index (κ1) is 16.5. The van der Waals surface area contributed by atoms with Crippen LogP contribution in [0, 0.1) is 5.92 Å². The highest BCUT2D eigenvalue weighted by atomic mass is 16.1. The molecule has 1 aromatic rings. The molecule has 4 heteroatoms. The highest BCUT2D eigenvalue weighted by molar-refractivity contribution is 5.76. The molecule has 1 saturated heterocycles. The van der Waals surface area contributed by atoms with Crippen LogP contribution in [0.15, 0.2) is 24.3 Å². The van der Waals surface area contributed by atoms with Crippen LogP contribution in [0.2, 0.25) is 0 Å². The van der Waals surface area contributed by atoms with E-state index in [1.807, 2.05) is 0 Å². The Morgan fingerprint density at radius 3 is 2.70 bits per heavy atom. The Kier molecular flexibility index (Phi) is 5.68. The summed E-state index contributed by atoms with van der Waals surface area (Å²) in [6.07, 6.45) is 6.54. The van der Waals surface area contributed by atoms with Gasteiger partial charge in [0.05, 0.1) is 0 Å². The lowest BCUT2D eigenvalue weighted by Gasteiger charge is -2.16. The molecule has 3 N–H and O–H groups in total. The molecule has 1 amide bonds. The average Bonchev–Trinajstić information content (AvgIpc) is 3.18. The number of likely N-dealkylation sites (tertiary alicyclic amines) is 1. The van der Waals surface area contributed by atoms with E-state index in [-0.39, 0.29) is 11.9 Å². The summed E-state index contributed by atoms with van der Waals surface area (Å²) >= 11 is 0. The van der Waals surface area contributed by atoms with Crippen molar-refractivity contribution in [1.29, 1.82) is 0 Å². The number of carbonyl (C=O) groups excluding carboxylic acids is 1. The minimum atomic E-state index is 0.136. The Hall–Kier alpha value is -1.39. The second-order valence-corrected chi connectivity index (χ2v) is 7.14. The summed E-state index contributed by atoms with van der Waals surface area (Å²) in [5.41, 5.74) is 8.58. The van der Waals surface area contributed by atoms with Crippen LogP contribution >= 0.6 is 0 Å². The standard InChI is InChI=1S/C19H29N3O/c20-18-8-4-7-17(18)12-19(23)21-13-15-5-3-6-16(11-15)14-22-9-1-2-10-22/h3,5-6,11,17-18H,1-2,4,7-10,12-14,20H2,(H,21,23)/t17-,18+/m0/s1. The molecule has 1 heterocycles. The van der Waals surface area contributed by atoms with Crippen molar-refractivity contribution in [1.82, 2.24) is 10.2 Å². The maximum absolute atomic E-state index is 12.1. The van der Waals surface area contributed by atoms with E-state index < -0.39 is 0 Å². The number of nitrogens with two attached hydrogens (primary N) is 1. The van der Waals surface area contributed by atoms with Crippen LogP contribution in [0.1, 0.15) is 49.7 Å². The molecule has 4 nitrogen and oxygen atoms in total. The van der Waals surface area contributed by atoms with Crippen LogP contribution in [0.3, 0.4) is 0 Å². The normalized spacial score (nSPS) is 24.9. The van der Waals surface area contributed by atoms with Crippen molar-refractivity contribution in [3.05, 3.63) is 35.4 Å². The Morgan fingerprint density at radius 2 is 1.96 bits per heavy atom. The molecule has 1 aromatic carbocycles. The lowest BCUT2D eigenvalue weighted by Crippen LogP contribution is -2.31. The SMILES string of the molecule is N[C@@H]1CCC[C@H]1CC(=O)NCc1cccc(CN2CCCC2)c1. The topological polar surface area (TPSA) is 58.4 Å². The molecular formula is C19H29N3O. The van der Waals surface area contributed by atoms with Gasteiger partial charge >= 0.3 is 0 Å². The molecule has 126 valence electrons. The second-order valence-electron chi connectivity index (χ2n) is 7.14. The van der Waals surface area contributed by atoms with Crippen molar-refractivity contribution >= 4 is 5.91 Å². The number of rotatable bonds is 6. The van der Waals surface area contributed by atoms with E-state index in [1.165, 1.54) is 37.1 Å². The second kappa shape index (κ2) is 7.93. The molecule has 2 atom stereocenters. The van der Waals surface area contributed by atoms with Gasteiger partial charge in [0, 0.05) is 25.6 Å². The van der Waals surface area contributed by atoms with Crippen LogP contribution in [-0.4, -0.2) is 29.9 Å². The molecule has 1 saturated carbocycles. The molecule has 0 spiro atoms. The van der Waals surface area contributed by atoms with Crippen molar-refractivity contribution in [2.75, 3.05) is 13.1 Å². The van der Waals surface area contributed by atoms with Gasteiger partial charge in [-0.25, -0.2) is 0 Å². The number of benzene rings is 1. The first-order valence-electron chi connectivity index (χ1n) is 9.03. The third-order valence-corrected chi connectivity index (χ3v) is 5.25. The largest absolute Gasteiger partial charge is 0.352 e. The molecule has 2 fully saturated rings. The predicted octanol–water partition coefficient (Wildman–Crippen LogP) is 2.42. The lowest BCUT2D eigenvalue weighted by molar-refractivity contribution is -0.122. The maximum Gasteiger partial charge on any atom is 0.220 e. The van der Waals surface area contributed by atoms with E-state index >= 15 is 0 Å². The summed E-state index contributed by atoms with van der Waals surface area (Å²) in [4.78, 5) is 14.6. The smallest absolute Gasteiger partial charge is 0.220 e. The molecule has 1 aliphatic heterocycles. The molecule has 0 aromatic heterocycles. The van der Waals surface area contributed by atoms with Crippen molar-refractivity contribution in [3.8, 4) is 0 Å². The Labute approximate surface area is 139 Å². The number of hydrogen-bond acceptors (Lipinski definition) is 3. The zero-order valence-corrected chi connectivity index (χ0v) is 14.0. The molecule has 1 aliphatic carbocycles. The quantitative estimate of drug-likeness (QED) is 0.847. The molecular weight excluding hydrogens is 286 g/mol. The zero-order valence-electron chi connectivity index (χ0n) is 14.0. The molecule has 0 bridgehead atoms. The van der Waals surface area contributed by atoms with Gasteiger partial charge in [-0.3, -0.25) is 9.69 Å². The van der Waals surface area contributed by atoms with E-state index in [2.05, 4.69) is 34.5 Å². The van der Waals surface area contributed by atoms with Gasteiger partial charge < -0.3 is 11.1 Å². The van der Waals surface area contributed by atoms with Gasteiger partial charge in [0.1, 0.15) is 0 Å². The summed E-state index contributed by atoms with van der Waals surface area (Å²) in [6, 6.07) is 8.81. The fourth-order valence-corrected chi connectivity index (χ4v) is 3.87. The number of nitrogens with zero attached hydrogens (tertiary/aromatic N) is 1. The fraction of sp³-hybridized carbons (Fsp3) is 0.632. The lowest BCUT2D eigenvalue weighted by atomic mass is 10.00. The summed E-state index contributed by atoms with van der Waals surface area (Å²) in [7, 11) is 0. The van der Waals surface area contributed by atoms with E-state index in [9.17, 15) is 4.79 Å². The number of carbonyl (C=O) groups is 1. The van der Waals surface area contributed by atoms with Crippen LogP contribution in [0.4, 0.5) is 0 Å². The Balaban J connectivity index is 1.46. The van der Waals surface area contributed by atoms with Crippen LogP contribution in [0.5, 0.6) is 0 Å². The number of amides is 1. The number of hydrogen-bond donors (Lipinski definition) is 2. The molecule has 0 radical (unpaired) electrons. The zero-order chi connectivity index (χ0) is 16.1. The summed E-state index contributed by atoms with van der Waals surface area (Å²) in [5.74, 6) is 0.508. The average molecular weight is 315 g/mol. The van der Waals surface area contributed by atoms with E-state index in [0.717, 1.165) is 25.8 Å². The van der Waals surface area contributed by atoms with Crippen LogP contribution in [0.25, 0.3) is 0 Å². The van der Waals surface area contributed by atoms with Crippen molar-refractivity contribution in [2.24, 2.45) is 11.7 Å². The van der Waals surface area contributed by atoms with Gasteiger partial charge in [-0.1, -0.05) is 30.7 Å². The summed E-state index contributed by atoms with van der Waals surface area (Å²) in [5, 5.41) is 3.06. The maximum atomic E-state index is 12.1. The molecule has 23 heavy (non-hydrogen) atoms. The Morgan fingerprint density at radius 1 is 1.17 bits per heavy atom. The van der Waals surface area contributed by atoms with Crippen molar-refractivity contribution in [3.63, 3.8) is 0 Å². The van der Waals surface area contributed by atoms with Gasteiger partial charge in [0.15, 0.2) is 0 Å². The van der Waals surface area contributed by atoms with E-state index in [4.69, 9.17) is 5.73 Å². The number of nitrogens with one attached hydrogen (secondary N) is 1. The van der Waals surface area contributed by atoms with Gasteiger partial charge in [-0.15, -0.1) is 0 Å². The molecule has 0 unspecified atom stereocenters. The predicted molar refractivity (Wildman–Crippen MR) is 92.7 cm³/mol. The van der Waals surface area contributed by atoms with Crippen LogP contribution in [-0.2, 0) is 17.9 Å². The Bertz CT molecular complexity index is 525. The minimum Gasteiger partial charge on any atom is -0.352 e. The summed E-state index contributed by atoms with van der Waals surface area (Å²) in [6.45, 7) is 4.07. The van der Waals surface area contributed by atoms with Crippen molar-refractivity contribution in [2.45, 2.75) is 57.7 Å². The van der Waals surface area contributed by atoms with Gasteiger partial charge in [-0.05, 0) is 55.8 Å². The summed E-state index contributed by atoms with van der Waals surface area (Å²) < 4.78 is 0. The van der Waals surface area contributed by atoms with Crippen LogP contribution < -0.4 is 11.1 Å². The first-order valence-corrected chi connectivity index (χ1v) is 9.03. The van der Waals surface area contributed by atoms with E-state index in [0.29, 0.717) is 18.9 Å². The highest BCUT2D eigenvalue weighted by Gasteiger charge is 2.25. The molecule has 3 rings (SSSR count). The minimum absolute atomic E-state index is 0.136. The highest BCUT2D eigenvalue weighted by Crippen LogP contribution is 2.26. The van der Waals surface area contributed by atoms with Crippen molar-refractivity contribution < 1.29 is 4.79 Å². The molecule has 2 aliphatic rings. The van der Waals surface area contributed by atoms with Gasteiger partial charge in [0.25, 0.3) is 0 Å².